The van der Waals surface area contributed by atoms with Gasteiger partial charge in [0.2, 0.25) is 0 Å². The maximum Gasteiger partial charge on any atom is 0.120 e. The molecule has 1 atom stereocenters. The number of phenols is 1. The highest BCUT2D eigenvalue weighted by Crippen LogP contribution is 2.33. The van der Waals surface area contributed by atoms with Crippen molar-refractivity contribution in [2.24, 2.45) is 5.92 Å². The van der Waals surface area contributed by atoms with Crippen molar-refractivity contribution in [3.8, 4) is 5.75 Å². The summed E-state index contributed by atoms with van der Waals surface area (Å²) in [5, 5.41) is 13.5. The van der Waals surface area contributed by atoms with Gasteiger partial charge in [-0.05, 0) is 63.5 Å². The Hall–Kier alpha value is -0.580. The minimum atomic E-state index is 0.280. The molecule has 1 aliphatic heterocycles. The normalized spacial score (nSPS) is 18.4. The second-order valence-corrected chi connectivity index (χ2v) is 6.68. The lowest BCUT2D eigenvalue weighted by molar-refractivity contribution is 0.180. The third-order valence-electron chi connectivity index (χ3n) is 4.27. The molecule has 2 N–H and O–H groups in total. The van der Waals surface area contributed by atoms with Crippen molar-refractivity contribution in [1.82, 2.24) is 10.2 Å². The van der Waals surface area contributed by atoms with Gasteiger partial charge in [0, 0.05) is 22.6 Å². The van der Waals surface area contributed by atoms with Gasteiger partial charge in [-0.3, -0.25) is 4.90 Å². The van der Waals surface area contributed by atoms with Crippen LogP contribution >= 0.6 is 15.9 Å². The molecular formula is C16H25BrN2O. The summed E-state index contributed by atoms with van der Waals surface area (Å²) in [6, 6.07) is 5.99. The average Bonchev–Trinajstić information content (AvgIpc) is 2.44. The maximum absolute atomic E-state index is 10.1. The van der Waals surface area contributed by atoms with Crippen molar-refractivity contribution in [3.05, 3.63) is 28.2 Å². The Balaban J connectivity index is 2.07. The van der Waals surface area contributed by atoms with E-state index in [4.69, 9.17) is 0 Å². The van der Waals surface area contributed by atoms with Crippen LogP contribution in [0.4, 0.5) is 0 Å². The first-order chi connectivity index (χ1) is 9.61. The molecule has 1 aromatic carbocycles. The van der Waals surface area contributed by atoms with Gasteiger partial charge in [-0.1, -0.05) is 22.9 Å². The minimum Gasteiger partial charge on any atom is -0.508 e. The molecule has 1 aromatic rings. The van der Waals surface area contributed by atoms with Crippen molar-refractivity contribution in [3.63, 3.8) is 0 Å². The summed E-state index contributed by atoms with van der Waals surface area (Å²) >= 11 is 3.50. The van der Waals surface area contributed by atoms with Crippen LogP contribution < -0.4 is 5.32 Å². The van der Waals surface area contributed by atoms with E-state index in [2.05, 4.69) is 40.1 Å². The van der Waals surface area contributed by atoms with E-state index in [1.54, 1.807) is 6.07 Å². The highest BCUT2D eigenvalue weighted by molar-refractivity contribution is 9.10. The molecule has 0 aromatic heterocycles. The quantitative estimate of drug-likeness (QED) is 0.860. The highest BCUT2D eigenvalue weighted by Gasteiger charge is 2.22. The van der Waals surface area contributed by atoms with Crippen LogP contribution in [0.2, 0.25) is 0 Å². The largest absolute Gasteiger partial charge is 0.508 e. The summed E-state index contributed by atoms with van der Waals surface area (Å²) in [5.41, 5.74) is 1.03. The van der Waals surface area contributed by atoms with Crippen molar-refractivity contribution in [2.45, 2.75) is 32.2 Å². The first kappa shape index (κ1) is 15.8. The summed E-state index contributed by atoms with van der Waals surface area (Å²) in [7, 11) is 2.18. The summed E-state index contributed by atoms with van der Waals surface area (Å²) < 4.78 is 1.03. The topological polar surface area (TPSA) is 35.5 Å². The molecule has 0 bridgehead atoms. The lowest BCUT2D eigenvalue weighted by Crippen LogP contribution is -2.36. The van der Waals surface area contributed by atoms with Gasteiger partial charge in [0.1, 0.15) is 5.75 Å². The third kappa shape index (κ3) is 3.96. The number of halogens is 1. The molecule has 1 heterocycles. The fourth-order valence-corrected chi connectivity index (χ4v) is 3.54. The lowest BCUT2D eigenvalue weighted by Gasteiger charge is -2.33. The second kappa shape index (κ2) is 7.43. The maximum atomic E-state index is 10.1. The van der Waals surface area contributed by atoms with E-state index < -0.39 is 0 Å². The molecule has 0 aliphatic carbocycles. The van der Waals surface area contributed by atoms with E-state index in [1.165, 1.54) is 12.8 Å². The van der Waals surface area contributed by atoms with Gasteiger partial charge in [-0.15, -0.1) is 0 Å². The first-order valence-electron chi connectivity index (χ1n) is 7.51. The highest BCUT2D eigenvalue weighted by atomic mass is 79.9. The Bertz CT molecular complexity index is 432. The number of piperidine rings is 1. The third-order valence-corrected chi connectivity index (χ3v) is 4.77. The van der Waals surface area contributed by atoms with E-state index >= 15 is 0 Å². The van der Waals surface area contributed by atoms with Crippen LogP contribution in [-0.2, 0) is 0 Å². The molecule has 1 fully saturated rings. The van der Waals surface area contributed by atoms with E-state index in [-0.39, 0.29) is 6.04 Å². The Morgan fingerprint density at radius 1 is 1.40 bits per heavy atom. The second-order valence-electron chi connectivity index (χ2n) is 5.76. The molecule has 1 aliphatic rings. The van der Waals surface area contributed by atoms with Gasteiger partial charge >= 0.3 is 0 Å². The molecule has 1 unspecified atom stereocenters. The Kier molecular flexibility index (Phi) is 5.87. The Morgan fingerprint density at radius 2 is 2.10 bits per heavy atom. The predicted octanol–water partition coefficient (Wildman–Crippen LogP) is 3.54. The number of nitrogens with zero attached hydrogens (tertiary/aromatic N) is 1. The predicted molar refractivity (Wildman–Crippen MR) is 87.1 cm³/mol. The van der Waals surface area contributed by atoms with E-state index in [0.29, 0.717) is 5.75 Å². The molecule has 3 nitrogen and oxygen atoms in total. The molecule has 0 amide bonds. The number of hydrogen-bond donors (Lipinski definition) is 2. The number of benzene rings is 1. The van der Waals surface area contributed by atoms with Gasteiger partial charge in [-0.25, -0.2) is 0 Å². The van der Waals surface area contributed by atoms with Gasteiger partial charge in [0.05, 0.1) is 0 Å². The van der Waals surface area contributed by atoms with Gasteiger partial charge in [0.25, 0.3) is 0 Å². The first-order valence-corrected chi connectivity index (χ1v) is 8.30. The zero-order valence-corrected chi connectivity index (χ0v) is 14.0. The summed E-state index contributed by atoms with van der Waals surface area (Å²) in [6.45, 7) is 5.56. The molecule has 1 saturated heterocycles. The van der Waals surface area contributed by atoms with Gasteiger partial charge in [-0.2, -0.15) is 0 Å². The molecule has 0 saturated carbocycles. The van der Waals surface area contributed by atoms with Crippen LogP contribution in [-0.4, -0.2) is 36.7 Å². The Labute approximate surface area is 130 Å². The molecular weight excluding hydrogens is 316 g/mol. The van der Waals surface area contributed by atoms with E-state index in [0.717, 1.165) is 42.0 Å². The van der Waals surface area contributed by atoms with Crippen LogP contribution in [0.1, 0.15) is 37.8 Å². The molecule has 0 radical (unpaired) electrons. The van der Waals surface area contributed by atoms with E-state index in [9.17, 15) is 5.11 Å². The number of hydrogen-bond acceptors (Lipinski definition) is 3. The van der Waals surface area contributed by atoms with Crippen molar-refractivity contribution in [2.75, 3.05) is 26.7 Å². The molecule has 20 heavy (non-hydrogen) atoms. The fraction of sp³-hybridized carbons (Fsp3) is 0.625. The van der Waals surface area contributed by atoms with Gasteiger partial charge < -0.3 is 10.4 Å². The lowest BCUT2D eigenvalue weighted by atomic mass is 9.95. The Morgan fingerprint density at radius 3 is 2.75 bits per heavy atom. The van der Waals surface area contributed by atoms with Crippen LogP contribution in [0.25, 0.3) is 0 Å². The number of rotatable bonds is 5. The van der Waals surface area contributed by atoms with Crippen LogP contribution in [0.5, 0.6) is 5.75 Å². The summed E-state index contributed by atoms with van der Waals surface area (Å²) in [5.74, 6) is 1.17. The van der Waals surface area contributed by atoms with Crippen LogP contribution in [0, 0.1) is 5.92 Å². The van der Waals surface area contributed by atoms with E-state index in [1.807, 2.05) is 12.1 Å². The monoisotopic (exact) mass is 340 g/mol. The molecule has 0 spiro atoms. The number of aromatic hydroxyl groups is 1. The standard InChI is InChI=1S/C16H25BrN2O/c1-3-15(14-10-13(17)4-5-16(14)20)19(2)11-12-6-8-18-9-7-12/h4-5,10,12,15,18,20H,3,6-9,11H2,1-2H3. The zero-order chi connectivity index (χ0) is 14.5. The van der Waals surface area contributed by atoms with Crippen molar-refractivity contribution in [1.29, 1.82) is 0 Å². The fourth-order valence-electron chi connectivity index (χ4n) is 3.16. The smallest absolute Gasteiger partial charge is 0.120 e. The zero-order valence-electron chi connectivity index (χ0n) is 12.4. The molecule has 4 heteroatoms. The van der Waals surface area contributed by atoms with Gasteiger partial charge in [0.15, 0.2) is 0 Å². The van der Waals surface area contributed by atoms with Crippen molar-refractivity contribution < 1.29 is 5.11 Å². The van der Waals surface area contributed by atoms with Crippen LogP contribution in [0.3, 0.4) is 0 Å². The minimum absolute atomic E-state index is 0.280. The number of nitrogens with one attached hydrogen (secondary N) is 1. The summed E-state index contributed by atoms with van der Waals surface area (Å²) in [4.78, 5) is 2.40. The van der Waals surface area contributed by atoms with Crippen LogP contribution in [0.15, 0.2) is 22.7 Å². The number of phenolic OH excluding ortho intramolecular Hbond substituents is 1. The molecule has 2 rings (SSSR count). The average molecular weight is 341 g/mol. The van der Waals surface area contributed by atoms with Crippen molar-refractivity contribution >= 4 is 15.9 Å². The molecule has 112 valence electrons. The summed E-state index contributed by atoms with van der Waals surface area (Å²) in [6.07, 6.45) is 3.52. The SMILES string of the molecule is CCC(c1cc(Br)ccc1O)N(C)CC1CCNCC1.